The van der Waals surface area contributed by atoms with Gasteiger partial charge >= 0.3 is 6.09 Å². The molecule has 0 N–H and O–H groups in total. The molecule has 5 rings (SSSR count). The van der Waals surface area contributed by atoms with Crippen molar-refractivity contribution in [2.45, 2.75) is 51.9 Å². The molecule has 10 heteroatoms. The van der Waals surface area contributed by atoms with Crippen molar-refractivity contribution in [2.75, 3.05) is 13.1 Å². The van der Waals surface area contributed by atoms with Crippen LogP contribution in [0.2, 0.25) is 0 Å². The van der Waals surface area contributed by atoms with E-state index in [4.69, 9.17) is 9.47 Å². The standard InChI is InChI=1S/C25H29N7O3/c1-25(2,3)35-24(33)30-12-10-21(11-13-30)32-23-9-4-18(14-19(23)15-27-32)16-34-22-7-5-20(6-8-22)31-17-26-28-29-31/h4-9,14-15,17,21H,10-13,16H2,1-3H3. The predicted octanol–water partition coefficient (Wildman–Crippen LogP) is 4.16. The Labute approximate surface area is 203 Å². The highest BCUT2D eigenvalue weighted by molar-refractivity contribution is 5.79. The molecule has 1 aliphatic rings. The summed E-state index contributed by atoms with van der Waals surface area (Å²) in [6, 6.07) is 14.2. The number of ether oxygens (including phenoxy) is 2. The van der Waals surface area contributed by atoms with Gasteiger partial charge in [0, 0.05) is 18.5 Å². The summed E-state index contributed by atoms with van der Waals surface area (Å²) in [6.07, 6.45) is 4.91. The molecule has 0 saturated carbocycles. The molecule has 1 fully saturated rings. The maximum Gasteiger partial charge on any atom is 0.410 e. The minimum absolute atomic E-state index is 0.240. The number of carbonyl (C=O) groups is 1. The average molecular weight is 476 g/mol. The molecule has 35 heavy (non-hydrogen) atoms. The average Bonchev–Trinajstić information content (AvgIpc) is 3.52. The number of nitrogens with zero attached hydrogens (tertiary/aromatic N) is 7. The molecular weight excluding hydrogens is 446 g/mol. The Morgan fingerprint density at radius 2 is 1.86 bits per heavy atom. The van der Waals surface area contributed by atoms with E-state index in [9.17, 15) is 4.79 Å². The van der Waals surface area contributed by atoms with Crippen LogP contribution in [0.4, 0.5) is 4.79 Å². The van der Waals surface area contributed by atoms with Crippen molar-refractivity contribution >= 4 is 17.0 Å². The van der Waals surface area contributed by atoms with E-state index in [0.29, 0.717) is 19.7 Å². The Morgan fingerprint density at radius 1 is 1.09 bits per heavy atom. The van der Waals surface area contributed by atoms with Crippen LogP contribution >= 0.6 is 0 Å². The first-order valence-electron chi connectivity index (χ1n) is 11.8. The Kier molecular flexibility index (Phi) is 6.10. The largest absolute Gasteiger partial charge is 0.489 e. The fraction of sp³-hybridized carbons (Fsp3) is 0.400. The van der Waals surface area contributed by atoms with Crippen molar-refractivity contribution in [1.82, 2.24) is 34.9 Å². The van der Waals surface area contributed by atoms with Crippen molar-refractivity contribution in [1.29, 1.82) is 0 Å². The van der Waals surface area contributed by atoms with Gasteiger partial charge in [-0.3, -0.25) is 4.68 Å². The predicted molar refractivity (Wildman–Crippen MR) is 129 cm³/mol. The number of piperidine rings is 1. The third-order valence-electron chi connectivity index (χ3n) is 5.98. The van der Waals surface area contributed by atoms with Gasteiger partial charge in [-0.05, 0) is 86.0 Å². The second-order valence-electron chi connectivity index (χ2n) is 9.72. The van der Waals surface area contributed by atoms with Gasteiger partial charge in [0.15, 0.2) is 0 Å². The fourth-order valence-electron chi connectivity index (χ4n) is 4.24. The number of aromatic nitrogens is 6. The quantitative estimate of drug-likeness (QED) is 0.427. The van der Waals surface area contributed by atoms with Crippen LogP contribution in [0.15, 0.2) is 55.0 Å². The minimum Gasteiger partial charge on any atom is -0.489 e. The number of benzene rings is 2. The van der Waals surface area contributed by atoms with Gasteiger partial charge in [0.25, 0.3) is 0 Å². The lowest BCUT2D eigenvalue weighted by Crippen LogP contribution is -2.42. The second-order valence-corrected chi connectivity index (χ2v) is 9.72. The third-order valence-corrected chi connectivity index (χ3v) is 5.98. The maximum atomic E-state index is 12.4. The van der Waals surface area contributed by atoms with E-state index in [1.807, 2.05) is 51.2 Å². The molecule has 1 amide bonds. The summed E-state index contributed by atoms with van der Waals surface area (Å²) < 4.78 is 15.2. The highest BCUT2D eigenvalue weighted by Gasteiger charge is 2.28. The second kappa shape index (κ2) is 9.36. The molecular formula is C25H29N7O3. The van der Waals surface area contributed by atoms with Crippen molar-refractivity contribution < 1.29 is 14.3 Å². The molecule has 0 atom stereocenters. The molecule has 0 radical (unpaired) electrons. The van der Waals surface area contributed by atoms with Gasteiger partial charge in [0.05, 0.1) is 23.4 Å². The Bertz CT molecular complexity index is 1290. The van der Waals surface area contributed by atoms with Crippen LogP contribution < -0.4 is 4.74 Å². The molecule has 3 heterocycles. The number of fused-ring (bicyclic) bond motifs is 1. The van der Waals surface area contributed by atoms with E-state index in [-0.39, 0.29) is 12.1 Å². The van der Waals surface area contributed by atoms with Crippen LogP contribution in [0.1, 0.15) is 45.2 Å². The zero-order chi connectivity index (χ0) is 24.4. The van der Waals surface area contributed by atoms with Gasteiger partial charge in [-0.25, -0.2) is 9.48 Å². The molecule has 0 unspecified atom stereocenters. The summed E-state index contributed by atoms with van der Waals surface area (Å²) in [5, 5.41) is 16.9. The summed E-state index contributed by atoms with van der Waals surface area (Å²) in [7, 11) is 0. The topological polar surface area (TPSA) is 100 Å². The zero-order valence-electron chi connectivity index (χ0n) is 20.2. The van der Waals surface area contributed by atoms with E-state index in [2.05, 4.69) is 43.5 Å². The molecule has 2 aromatic heterocycles. The Morgan fingerprint density at radius 3 is 2.54 bits per heavy atom. The molecule has 0 spiro atoms. The van der Waals surface area contributed by atoms with E-state index in [1.54, 1.807) is 15.9 Å². The molecule has 4 aromatic rings. The van der Waals surface area contributed by atoms with Gasteiger partial charge in [-0.2, -0.15) is 5.10 Å². The first kappa shape index (κ1) is 22.8. The lowest BCUT2D eigenvalue weighted by atomic mass is 10.1. The number of likely N-dealkylation sites (tertiary alicyclic amines) is 1. The number of tetrazole rings is 1. The van der Waals surface area contributed by atoms with Crippen LogP contribution in [0.3, 0.4) is 0 Å². The highest BCUT2D eigenvalue weighted by atomic mass is 16.6. The molecule has 1 saturated heterocycles. The SMILES string of the molecule is CC(C)(C)OC(=O)N1CCC(n2ncc3cc(COc4ccc(-n5cnnn5)cc4)ccc32)CC1. The van der Waals surface area contributed by atoms with Crippen LogP contribution in [-0.4, -0.2) is 59.7 Å². The molecule has 2 aromatic carbocycles. The van der Waals surface area contributed by atoms with E-state index in [1.165, 1.54) is 0 Å². The van der Waals surface area contributed by atoms with E-state index in [0.717, 1.165) is 40.7 Å². The summed E-state index contributed by atoms with van der Waals surface area (Å²) >= 11 is 0. The number of carbonyl (C=O) groups excluding carboxylic acids is 1. The summed E-state index contributed by atoms with van der Waals surface area (Å²) in [5.74, 6) is 0.773. The van der Waals surface area contributed by atoms with Crippen LogP contribution in [0.5, 0.6) is 5.75 Å². The van der Waals surface area contributed by atoms with Gasteiger partial charge in [0.1, 0.15) is 24.3 Å². The van der Waals surface area contributed by atoms with E-state index >= 15 is 0 Å². The maximum absolute atomic E-state index is 12.4. The van der Waals surface area contributed by atoms with Gasteiger partial charge < -0.3 is 14.4 Å². The van der Waals surface area contributed by atoms with Gasteiger partial charge in [-0.15, -0.1) is 5.10 Å². The van der Waals surface area contributed by atoms with Crippen LogP contribution in [0, 0.1) is 0 Å². The molecule has 182 valence electrons. The van der Waals surface area contributed by atoms with Crippen molar-refractivity contribution in [3.05, 3.63) is 60.6 Å². The number of hydrogen-bond donors (Lipinski definition) is 0. The normalized spacial score (nSPS) is 14.9. The Balaban J connectivity index is 1.19. The van der Waals surface area contributed by atoms with Crippen molar-refractivity contribution in [2.24, 2.45) is 0 Å². The van der Waals surface area contributed by atoms with Crippen LogP contribution in [-0.2, 0) is 11.3 Å². The number of amides is 1. The summed E-state index contributed by atoms with van der Waals surface area (Å²) in [4.78, 5) is 14.1. The van der Waals surface area contributed by atoms with Crippen molar-refractivity contribution in [3.8, 4) is 11.4 Å². The molecule has 10 nitrogen and oxygen atoms in total. The van der Waals surface area contributed by atoms with Gasteiger partial charge in [-0.1, -0.05) is 6.07 Å². The molecule has 0 bridgehead atoms. The number of hydrogen-bond acceptors (Lipinski definition) is 7. The highest BCUT2D eigenvalue weighted by Crippen LogP contribution is 2.28. The smallest absolute Gasteiger partial charge is 0.410 e. The summed E-state index contributed by atoms with van der Waals surface area (Å²) in [5.41, 5.74) is 2.55. The van der Waals surface area contributed by atoms with Gasteiger partial charge in [0.2, 0.25) is 0 Å². The van der Waals surface area contributed by atoms with E-state index < -0.39 is 5.60 Å². The number of rotatable bonds is 5. The lowest BCUT2D eigenvalue weighted by molar-refractivity contribution is 0.0186. The Hall–Kier alpha value is -3.95. The van der Waals surface area contributed by atoms with Crippen LogP contribution in [0.25, 0.3) is 16.6 Å². The minimum atomic E-state index is -0.479. The van der Waals surface area contributed by atoms with Crippen molar-refractivity contribution in [3.63, 3.8) is 0 Å². The first-order chi connectivity index (χ1) is 16.9. The first-order valence-corrected chi connectivity index (χ1v) is 11.8. The monoisotopic (exact) mass is 475 g/mol. The summed E-state index contributed by atoms with van der Waals surface area (Å²) in [6.45, 7) is 7.46. The molecule has 1 aliphatic heterocycles. The lowest BCUT2D eigenvalue weighted by Gasteiger charge is -2.33. The fourth-order valence-corrected chi connectivity index (χ4v) is 4.24. The zero-order valence-corrected chi connectivity index (χ0v) is 20.2. The third kappa shape index (κ3) is 5.26. The molecule has 0 aliphatic carbocycles.